The van der Waals surface area contributed by atoms with E-state index < -0.39 is 0 Å². The highest BCUT2D eigenvalue weighted by Crippen LogP contribution is 1.96. The molecule has 0 rings (SSSR count). The Bertz CT molecular complexity index is 144. The van der Waals surface area contributed by atoms with Crippen LogP contribution < -0.4 is 0 Å². The van der Waals surface area contributed by atoms with Crippen molar-refractivity contribution in [1.82, 2.24) is 9.80 Å². The average molecular weight is 244 g/mol. The van der Waals surface area contributed by atoms with Crippen molar-refractivity contribution in [3.8, 4) is 0 Å². The molecule has 0 aromatic carbocycles. The molecular weight excluding hydrogens is 208 g/mol. The van der Waals surface area contributed by atoms with E-state index >= 15 is 0 Å². The topological polar surface area (TPSA) is 6.48 Å². The molecule has 0 saturated heterocycles. The van der Waals surface area contributed by atoms with E-state index in [9.17, 15) is 0 Å². The van der Waals surface area contributed by atoms with E-state index in [1.54, 1.807) is 0 Å². The summed E-state index contributed by atoms with van der Waals surface area (Å²) < 4.78 is 0. The molecule has 0 heterocycles. The zero-order chi connectivity index (χ0) is 13.8. The summed E-state index contributed by atoms with van der Waals surface area (Å²) in [6, 6.07) is 1.41. The lowest BCUT2D eigenvalue weighted by Crippen LogP contribution is -2.26. The van der Waals surface area contributed by atoms with E-state index in [1.807, 2.05) is 0 Å². The zero-order valence-electron chi connectivity index (χ0n) is 13.6. The van der Waals surface area contributed by atoms with Crippen LogP contribution in [0, 0.1) is 0 Å². The Morgan fingerprint density at radius 3 is 1.35 bits per heavy atom. The van der Waals surface area contributed by atoms with Crippen molar-refractivity contribution in [2.24, 2.45) is 0 Å². The standard InChI is InChI=1S/C8H19N.C7H17N/c1-5-6-7-9(4)8(2)3;1-5-6-8(4)7(2)3/h8H,5-7H2,1-4H3;7H,5-6H2,1-4H3. The van der Waals surface area contributed by atoms with E-state index in [0.717, 1.165) is 0 Å². The first-order chi connectivity index (χ1) is 7.86. The van der Waals surface area contributed by atoms with Gasteiger partial charge in [-0.1, -0.05) is 20.3 Å². The molecule has 0 aliphatic heterocycles. The van der Waals surface area contributed by atoms with Gasteiger partial charge in [0.05, 0.1) is 0 Å². The van der Waals surface area contributed by atoms with E-state index in [0.29, 0.717) is 12.1 Å². The summed E-state index contributed by atoms with van der Waals surface area (Å²) in [7, 11) is 4.34. The Morgan fingerprint density at radius 2 is 1.12 bits per heavy atom. The summed E-state index contributed by atoms with van der Waals surface area (Å²) in [4.78, 5) is 4.73. The Kier molecular flexibility index (Phi) is 14.0. The van der Waals surface area contributed by atoms with Crippen LogP contribution in [-0.2, 0) is 0 Å². The SMILES string of the molecule is CCCCN(C)C(C)C.CCCN(C)C(C)C. The third kappa shape index (κ3) is 13.9. The normalized spacial score (nSPS) is 11.3. The average Bonchev–Trinajstić information content (AvgIpc) is 2.26. The molecule has 0 amide bonds. The van der Waals surface area contributed by atoms with E-state index in [1.165, 1.54) is 32.4 Å². The van der Waals surface area contributed by atoms with Gasteiger partial charge in [-0.05, 0) is 67.7 Å². The second-order valence-electron chi connectivity index (χ2n) is 5.50. The van der Waals surface area contributed by atoms with Crippen LogP contribution in [0.25, 0.3) is 0 Å². The van der Waals surface area contributed by atoms with Crippen LogP contribution in [0.15, 0.2) is 0 Å². The quantitative estimate of drug-likeness (QED) is 0.671. The fraction of sp³-hybridized carbons (Fsp3) is 1.00. The first-order valence-corrected chi connectivity index (χ1v) is 7.27. The molecule has 0 aromatic heterocycles. The van der Waals surface area contributed by atoms with Crippen molar-refractivity contribution in [2.45, 2.75) is 72.9 Å². The minimum Gasteiger partial charge on any atom is -0.304 e. The molecule has 0 aliphatic rings. The molecule has 0 aliphatic carbocycles. The zero-order valence-corrected chi connectivity index (χ0v) is 13.6. The highest BCUT2D eigenvalue weighted by molar-refractivity contribution is 4.55. The molecule has 0 aromatic rings. The second-order valence-corrected chi connectivity index (χ2v) is 5.50. The molecule has 0 bridgehead atoms. The highest BCUT2D eigenvalue weighted by atomic mass is 15.1. The lowest BCUT2D eigenvalue weighted by molar-refractivity contribution is 0.270. The van der Waals surface area contributed by atoms with Crippen LogP contribution in [0.5, 0.6) is 0 Å². The molecule has 0 spiro atoms. The second kappa shape index (κ2) is 12.4. The maximum atomic E-state index is 2.38. The molecule has 0 N–H and O–H groups in total. The largest absolute Gasteiger partial charge is 0.304 e. The maximum absolute atomic E-state index is 2.38. The van der Waals surface area contributed by atoms with E-state index in [2.05, 4.69) is 65.4 Å². The van der Waals surface area contributed by atoms with Gasteiger partial charge in [-0.25, -0.2) is 0 Å². The first kappa shape index (κ1) is 19.3. The molecule has 0 atom stereocenters. The molecule has 17 heavy (non-hydrogen) atoms. The predicted molar refractivity (Wildman–Crippen MR) is 80.7 cm³/mol. The Morgan fingerprint density at radius 1 is 0.706 bits per heavy atom. The summed E-state index contributed by atoms with van der Waals surface area (Å²) in [5, 5.41) is 0. The summed E-state index contributed by atoms with van der Waals surface area (Å²) >= 11 is 0. The number of hydrogen-bond acceptors (Lipinski definition) is 2. The van der Waals surface area contributed by atoms with Crippen LogP contribution >= 0.6 is 0 Å². The van der Waals surface area contributed by atoms with E-state index in [4.69, 9.17) is 0 Å². The molecule has 0 saturated carbocycles. The molecule has 0 unspecified atom stereocenters. The van der Waals surface area contributed by atoms with Gasteiger partial charge in [-0.15, -0.1) is 0 Å². The summed E-state index contributed by atoms with van der Waals surface area (Å²) in [5.74, 6) is 0. The van der Waals surface area contributed by atoms with Gasteiger partial charge in [0.25, 0.3) is 0 Å². The predicted octanol–water partition coefficient (Wildman–Crippen LogP) is 3.86. The molecule has 2 nitrogen and oxygen atoms in total. The van der Waals surface area contributed by atoms with Crippen molar-refractivity contribution >= 4 is 0 Å². The monoisotopic (exact) mass is 244 g/mol. The van der Waals surface area contributed by atoms with Gasteiger partial charge in [0, 0.05) is 12.1 Å². The third-order valence-corrected chi connectivity index (χ3v) is 3.20. The number of nitrogens with zero attached hydrogens (tertiary/aromatic N) is 2. The van der Waals surface area contributed by atoms with Gasteiger partial charge in [0.15, 0.2) is 0 Å². The van der Waals surface area contributed by atoms with E-state index in [-0.39, 0.29) is 0 Å². The Hall–Kier alpha value is -0.0800. The summed E-state index contributed by atoms with van der Waals surface area (Å²) in [5.41, 5.74) is 0. The van der Waals surface area contributed by atoms with Gasteiger partial charge < -0.3 is 9.80 Å². The lowest BCUT2D eigenvalue weighted by Gasteiger charge is -2.19. The van der Waals surface area contributed by atoms with Crippen molar-refractivity contribution < 1.29 is 0 Å². The first-order valence-electron chi connectivity index (χ1n) is 7.27. The van der Waals surface area contributed by atoms with Crippen molar-refractivity contribution in [3.63, 3.8) is 0 Å². The van der Waals surface area contributed by atoms with Crippen LogP contribution in [0.4, 0.5) is 0 Å². The fourth-order valence-corrected chi connectivity index (χ4v) is 1.28. The minimum absolute atomic E-state index is 0.704. The Balaban J connectivity index is 0. The van der Waals surface area contributed by atoms with Gasteiger partial charge in [-0.3, -0.25) is 0 Å². The molecule has 0 radical (unpaired) electrons. The number of hydrogen-bond donors (Lipinski definition) is 0. The van der Waals surface area contributed by atoms with Crippen LogP contribution in [-0.4, -0.2) is 49.1 Å². The van der Waals surface area contributed by atoms with Gasteiger partial charge >= 0.3 is 0 Å². The summed E-state index contributed by atoms with van der Waals surface area (Å²) in [6.45, 7) is 15.8. The van der Waals surface area contributed by atoms with Gasteiger partial charge in [0.2, 0.25) is 0 Å². The van der Waals surface area contributed by atoms with Crippen molar-refractivity contribution in [2.75, 3.05) is 27.2 Å². The van der Waals surface area contributed by atoms with Gasteiger partial charge in [-0.2, -0.15) is 0 Å². The number of rotatable bonds is 7. The third-order valence-electron chi connectivity index (χ3n) is 3.20. The molecule has 0 fully saturated rings. The van der Waals surface area contributed by atoms with Crippen molar-refractivity contribution in [3.05, 3.63) is 0 Å². The smallest absolute Gasteiger partial charge is 0.00355 e. The van der Waals surface area contributed by atoms with Crippen LogP contribution in [0.1, 0.15) is 60.8 Å². The molecular formula is C15H36N2. The Labute approximate surface area is 110 Å². The lowest BCUT2D eigenvalue weighted by atomic mass is 10.3. The van der Waals surface area contributed by atoms with Crippen molar-refractivity contribution in [1.29, 1.82) is 0 Å². The fourth-order valence-electron chi connectivity index (χ4n) is 1.28. The van der Waals surface area contributed by atoms with Gasteiger partial charge in [0.1, 0.15) is 0 Å². The molecule has 106 valence electrons. The van der Waals surface area contributed by atoms with Crippen LogP contribution in [0.2, 0.25) is 0 Å². The number of unbranched alkanes of at least 4 members (excludes halogenated alkanes) is 1. The molecule has 2 heteroatoms. The van der Waals surface area contributed by atoms with Crippen LogP contribution in [0.3, 0.4) is 0 Å². The summed E-state index contributed by atoms with van der Waals surface area (Å²) in [6.07, 6.45) is 3.89. The minimum atomic E-state index is 0.704. The maximum Gasteiger partial charge on any atom is 0.00355 e. The highest BCUT2D eigenvalue weighted by Gasteiger charge is 1.99.